The molecule has 1 fully saturated rings. The summed E-state index contributed by atoms with van der Waals surface area (Å²) in [6, 6.07) is 21.2. The molecule has 0 saturated carbocycles. The first kappa shape index (κ1) is 27.4. The molecule has 1 aliphatic rings. The molecule has 1 atom stereocenters. The third-order valence-electron chi connectivity index (χ3n) is 6.15. The summed E-state index contributed by atoms with van der Waals surface area (Å²) < 4.78 is 8.04. The lowest BCUT2D eigenvalue weighted by atomic mass is 10.0. The summed E-state index contributed by atoms with van der Waals surface area (Å²) in [7, 11) is 0. The Morgan fingerprint density at radius 2 is 1.77 bits per heavy atom. The summed E-state index contributed by atoms with van der Waals surface area (Å²) in [5, 5.41) is 24.8. The smallest absolute Gasteiger partial charge is 0.327 e. The van der Waals surface area contributed by atoms with Crippen LogP contribution in [-0.2, 0) is 16.0 Å². The maximum atomic E-state index is 13.6. The molecular weight excluding hydrogens is 570 g/mol. The Bertz CT molecular complexity index is 1620. The van der Waals surface area contributed by atoms with Crippen molar-refractivity contribution in [1.29, 1.82) is 0 Å². The number of hydrogen-bond donors (Lipinski definition) is 2. The number of carboxylic acid groups (broad SMARTS) is 1. The van der Waals surface area contributed by atoms with Gasteiger partial charge in [0.05, 0.1) is 21.8 Å². The summed E-state index contributed by atoms with van der Waals surface area (Å²) in [5.41, 5.74) is 2.53. The van der Waals surface area contributed by atoms with E-state index < -0.39 is 17.9 Å². The maximum Gasteiger partial charge on any atom is 0.327 e. The number of rotatable bonds is 8. The lowest BCUT2D eigenvalue weighted by molar-refractivity contribution is -0.145. The highest BCUT2D eigenvalue weighted by molar-refractivity contribution is 8.26. The second-order valence-corrected chi connectivity index (χ2v) is 11.0. The molecule has 1 aliphatic heterocycles. The van der Waals surface area contributed by atoms with Crippen molar-refractivity contribution in [2.75, 3.05) is 0 Å². The quantitative estimate of drug-likeness (QED) is 0.184. The zero-order valence-electron chi connectivity index (χ0n) is 21.0. The number of ether oxygens (including phenoxy) is 1. The van der Waals surface area contributed by atoms with E-state index >= 15 is 0 Å². The summed E-state index contributed by atoms with van der Waals surface area (Å²) in [6.07, 6.45) is 1.65. The molecule has 0 bridgehead atoms. The molecule has 0 unspecified atom stereocenters. The van der Waals surface area contributed by atoms with Gasteiger partial charge >= 0.3 is 5.97 Å². The standard InChI is InChI=1S/C29H22ClN3O5S2/c1-17-23(27(38-22-13-9-19(30)10-14-22)33(31-17)20-5-3-2-4-6-20)16-25-26(35)32(29(39)40-25)24(28(36)37)15-18-7-11-21(34)12-8-18/h2-14,16,24,34H,15H2,1H3,(H,36,37)/b25-16-/t24-/m0/s1. The molecule has 202 valence electrons. The van der Waals surface area contributed by atoms with Crippen LogP contribution in [0.1, 0.15) is 16.8 Å². The molecule has 1 aromatic heterocycles. The van der Waals surface area contributed by atoms with Crippen molar-refractivity contribution in [3.8, 4) is 23.1 Å². The van der Waals surface area contributed by atoms with Gasteiger partial charge in [0.25, 0.3) is 5.91 Å². The van der Waals surface area contributed by atoms with Gasteiger partial charge in [-0.2, -0.15) is 9.78 Å². The van der Waals surface area contributed by atoms with Gasteiger partial charge in [-0.3, -0.25) is 9.69 Å². The molecule has 0 radical (unpaired) electrons. The summed E-state index contributed by atoms with van der Waals surface area (Å²) in [4.78, 5) is 27.2. The third-order valence-corrected chi connectivity index (χ3v) is 7.73. The highest BCUT2D eigenvalue weighted by Crippen LogP contribution is 2.39. The van der Waals surface area contributed by atoms with E-state index in [9.17, 15) is 19.8 Å². The Balaban J connectivity index is 1.52. The number of nitrogens with zero attached hydrogens (tertiary/aromatic N) is 3. The van der Waals surface area contributed by atoms with Gasteiger partial charge in [0, 0.05) is 11.4 Å². The number of carbonyl (C=O) groups excluding carboxylic acids is 1. The fourth-order valence-corrected chi connectivity index (χ4v) is 5.63. The van der Waals surface area contributed by atoms with Crippen LogP contribution in [0.15, 0.2) is 83.8 Å². The average Bonchev–Trinajstić information content (AvgIpc) is 3.39. The van der Waals surface area contributed by atoms with Crippen molar-refractivity contribution in [2.24, 2.45) is 0 Å². The van der Waals surface area contributed by atoms with Gasteiger partial charge in [0.2, 0.25) is 5.88 Å². The fraction of sp³-hybridized carbons (Fsp3) is 0.103. The summed E-state index contributed by atoms with van der Waals surface area (Å²) in [6.45, 7) is 1.80. The molecule has 4 aromatic rings. The Labute approximate surface area is 244 Å². The van der Waals surface area contributed by atoms with Crippen LogP contribution in [0.4, 0.5) is 0 Å². The zero-order chi connectivity index (χ0) is 28.4. The average molecular weight is 592 g/mol. The number of aliphatic carboxylic acids is 1. The first-order valence-electron chi connectivity index (χ1n) is 12.1. The molecule has 0 spiro atoms. The van der Waals surface area contributed by atoms with Crippen LogP contribution in [0.25, 0.3) is 11.8 Å². The number of aromatic hydroxyl groups is 1. The van der Waals surface area contributed by atoms with Crippen molar-refractivity contribution in [3.05, 3.63) is 106 Å². The number of amides is 1. The number of hydrogen-bond acceptors (Lipinski definition) is 7. The number of carbonyl (C=O) groups is 2. The van der Waals surface area contributed by atoms with Crippen LogP contribution < -0.4 is 4.74 Å². The fourth-order valence-electron chi connectivity index (χ4n) is 4.16. The number of phenols is 1. The first-order chi connectivity index (χ1) is 19.2. The van der Waals surface area contributed by atoms with Crippen molar-refractivity contribution in [2.45, 2.75) is 19.4 Å². The summed E-state index contributed by atoms with van der Waals surface area (Å²) in [5.74, 6) is -0.762. The van der Waals surface area contributed by atoms with Crippen molar-refractivity contribution >= 4 is 57.9 Å². The number of thiocarbonyl (C=S) groups is 1. The molecule has 11 heteroatoms. The SMILES string of the molecule is Cc1nn(-c2ccccc2)c(Oc2ccc(Cl)cc2)c1/C=C1\SC(=S)N([C@@H](Cc2ccc(O)cc2)C(=O)O)C1=O. The number of thioether (sulfide) groups is 1. The Morgan fingerprint density at radius 1 is 1.10 bits per heavy atom. The van der Waals surface area contributed by atoms with Gasteiger partial charge in [-0.05, 0) is 67.1 Å². The van der Waals surface area contributed by atoms with Gasteiger partial charge in [-0.1, -0.05) is 65.9 Å². The predicted octanol–water partition coefficient (Wildman–Crippen LogP) is 6.23. The van der Waals surface area contributed by atoms with E-state index in [4.69, 9.17) is 28.6 Å². The number of aryl methyl sites for hydroxylation is 1. The molecule has 40 heavy (non-hydrogen) atoms. The van der Waals surface area contributed by atoms with E-state index in [1.807, 2.05) is 30.3 Å². The molecule has 1 saturated heterocycles. The molecular formula is C29H22ClN3O5S2. The number of carboxylic acids is 1. The van der Waals surface area contributed by atoms with Gasteiger partial charge in [0.1, 0.15) is 21.9 Å². The second kappa shape index (κ2) is 11.5. The summed E-state index contributed by atoms with van der Waals surface area (Å²) >= 11 is 12.5. The van der Waals surface area contributed by atoms with Crippen molar-refractivity contribution < 1.29 is 24.5 Å². The number of aromatic nitrogens is 2. The third kappa shape index (κ3) is 5.74. The predicted molar refractivity (Wildman–Crippen MR) is 158 cm³/mol. The number of benzene rings is 3. The molecule has 0 aliphatic carbocycles. The minimum atomic E-state index is -1.22. The molecule has 1 amide bonds. The van der Waals surface area contributed by atoms with E-state index in [1.54, 1.807) is 54.1 Å². The number of phenolic OH excluding ortho intramolecular Hbond substituents is 1. The molecule has 3 aromatic carbocycles. The number of para-hydroxylation sites is 1. The van der Waals surface area contributed by atoms with Crippen LogP contribution in [0.2, 0.25) is 5.02 Å². The highest BCUT2D eigenvalue weighted by Gasteiger charge is 2.41. The van der Waals surface area contributed by atoms with Gasteiger partial charge in [-0.25, -0.2) is 4.79 Å². The van der Waals surface area contributed by atoms with E-state index in [0.29, 0.717) is 33.5 Å². The number of halogens is 1. The van der Waals surface area contributed by atoms with Crippen LogP contribution >= 0.6 is 35.6 Å². The Hall–Kier alpha value is -4.12. The topological polar surface area (TPSA) is 105 Å². The normalized spacial score (nSPS) is 15.1. The van der Waals surface area contributed by atoms with E-state index in [0.717, 1.165) is 22.3 Å². The van der Waals surface area contributed by atoms with E-state index in [-0.39, 0.29) is 21.4 Å². The largest absolute Gasteiger partial charge is 0.508 e. The van der Waals surface area contributed by atoms with E-state index in [1.165, 1.54) is 12.1 Å². The van der Waals surface area contributed by atoms with Crippen LogP contribution in [0, 0.1) is 6.92 Å². The molecule has 8 nitrogen and oxygen atoms in total. The van der Waals surface area contributed by atoms with Gasteiger partial charge in [-0.15, -0.1) is 0 Å². The zero-order valence-corrected chi connectivity index (χ0v) is 23.4. The Kier molecular flexibility index (Phi) is 7.92. The highest BCUT2D eigenvalue weighted by atomic mass is 35.5. The lowest BCUT2D eigenvalue weighted by Crippen LogP contribution is -2.45. The molecule has 2 N–H and O–H groups in total. The first-order valence-corrected chi connectivity index (χ1v) is 13.7. The molecule has 2 heterocycles. The maximum absolute atomic E-state index is 13.6. The van der Waals surface area contributed by atoms with Crippen molar-refractivity contribution in [3.63, 3.8) is 0 Å². The van der Waals surface area contributed by atoms with Crippen LogP contribution in [0.5, 0.6) is 17.4 Å². The minimum absolute atomic E-state index is 0.0191. The van der Waals surface area contributed by atoms with Gasteiger partial charge in [0.15, 0.2) is 0 Å². The van der Waals surface area contributed by atoms with E-state index in [2.05, 4.69) is 5.10 Å². The monoisotopic (exact) mass is 591 g/mol. The van der Waals surface area contributed by atoms with Crippen molar-refractivity contribution in [1.82, 2.24) is 14.7 Å². The second-order valence-electron chi connectivity index (χ2n) is 8.88. The molecule has 5 rings (SSSR count). The Morgan fingerprint density at radius 3 is 2.42 bits per heavy atom. The van der Waals surface area contributed by atoms with Gasteiger partial charge < -0.3 is 14.9 Å². The van der Waals surface area contributed by atoms with Crippen LogP contribution in [0.3, 0.4) is 0 Å². The lowest BCUT2D eigenvalue weighted by Gasteiger charge is -2.23. The minimum Gasteiger partial charge on any atom is -0.508 e. The van der Waals surface area contributed by atoms with Crippen LogP contribution in [-0.4, -0.2) is 47.1 Å².